The molecule has 0 aliphatic carbocycles. The molecule has 0 bridgehead atoms. The van der Waals surface area contributed by atoms with Crippen LogP contribution in [0.25, 0.3) is 0 Å². The van der Waals surface area contributed by atoms with E-state index in [9.17, 15) is 14.4 Å². The summed E-state index contributed by atoms with van der Waals surface area (Å²) in [5.74, 6) is -0.0566. The van der Waals surface area contributed by atoms with Crippen LogP contribution in [-0.2, 0) is 9.59 Å². The molecule has 0 radical (unpaired) electrons. The monoisotopic (exact) mass is 410 g/mol. The zero-order valence-corrected chi connectivity index (χ0v) is 17.1. The third kappa shape index (κ3) is 4.08. The molecule has 3 amide bonds. The number of benzene rings is 1. The lowest BCUT2D eigenvalue weighted by molar-refractivity contribution is -0.148. The molecule has 0 saturated carbocycles. The average molecular weight is 410 g/mol. The van der Waals surface area contributed by atoms with Gasteiger partial charge in [-0.15, -0.1) is 0 Å². The highest BCUT2D eigenvalue weighted by molar-refractivity contribution is 5.92. The van der Waals surface area contributed by atoms with Crippen LogP contribution in [0.3, 0.4) is 0 Å². The number of aromatic nitrogens is 1. The predicted octanol–water partition coefficient (Wildman–Crippen LogP) is 2.02. The minimum Gasteiger partial charge on any atom is -0.351 e. The van der Waals surface area contributed by atoms with Crippen molar-refractivity contribution >= 4 is 17.7 Å². The van der Waals surface area contributed by atoms with Gasteiger partial charge >= 0.3 is 0 Å². The van der Waals surface area contributed by atoms with Crippen molar-refractivity contribution in [3.05, 3.63) is 53.4 Å². The van der Waals surface area contributed by atoms with E-state index < -0.39 is 6.04 Å². The Kier molecular flexibility index (Phi) is 5.83. The van der Waals surface area contributed by atoms with Crippen molar-refractivity contribution in [2.45, 2.75) is 32.2 Å². The van der Waals surface area contributed by atoms with E-state index in [2.05, 4.69) is 5.16 Å². The van der Waals surface area contributed by atoms with E-state index in [0.717, 1.165) is 18.4 Å². The largest absolute Gasteiger partial charge is 0.351 e. The van der Waals surface area contributed by atoms with Crippen LogP contribution >= 0.6 is 0 Å². The maximum atomic E-state index is 13.5. The summed E-state index contributed by atoms with van der Waals surface area (Å²) in [5, 5.41) is 3.77. The van der Waals surface area contributed by atoms with E-state index in [1.165, 1.54) is 0 Å². The van der Waals surface area contributed by atoms with Gasteiger partial charge in [-0.1, -0.05) is 35.5 Å². The molecule has 4 rings (SSSR count). The Hall–Kier alpha value is -3.16. The summed E-state index contributed by atoms with van der Waals surface area (Å²) in [6.07, 6.45) is 2.25. The Morgan fingerprint density at radius 2 is 1.70 bits per heavy atom. The number of hydrogen-bond donors (Lipinski definition) is 0. The standard InChI is InChI=1S/C22H26N4O4/c1-16-15-18(30-23-16)21(28)24-11-13-25(14-12-24)22(29)20(17-7-3-2-4-8-17)26-10-6-5-9-19(26)27/h2-4,7-8,15,20H,5-6,9-14H2,1H3. The molecule has 1 aromatic heterocycles. The summed E-state index contributed by atoms with van der Waals surface area (Å²) in [4.78, 5) is 43.8. The Morgan fingerprint density at radius 1 is 1.00 bits per heavy atom. The summed E-state index contributed by atoms with van der Waals surface area (Å²) < 4.78 is 5.07. The lowest BCUT2D eigenvalue weighted by Crippen LogP contribution is -2.54. The number of likely N-dealkylation sites (tertiary alicyclic amines) is 1. The van der Waals surface area contributed by atoms with Gasteiger partial charge in [-0.25, -0.2) is 0 Å². The highest BCUT2D eigenvalue weighted by atomic mass is 16.5. The Bertz CT molecular complexity index is 918. The van der Waals surface area contributed by atoms with Gasteiger partial charge in [0.2, 0.25) is 17.6 Å². The van der Waals surface area contributed by atoms with Crippen molar-refractivity contribution in [1.29, 1.82) is 0 Å². The van der Waals surface area contributed by atoms with Crippen molar-refractivity contribution in [2.24, 2.45) is 0 Å². The van der Waals surface area contributed by atoms with E-state index in [-0.39, 0.29) is 23.5 Å². The quantitative estimate of drug-likeness (QED) is 0.770. The molecule has 8 nitrogen and oxygen atoms in total. The highest BCUT2D eigenvalue weighted by Crippen LogP contribution is 2.28. The number of piperidine rings is 1. The minimum atomic E-state index is -0.613. The second-order valence-corrected chi connectivity index (χ2v) is 7.81. The molecule has 0 spiro atoms. The summed E-state index contributed by atoms with van der Waals surface area (Å²) in [5.41, 5.74) is 1.48. The SMILES string of the molecule is Cc1cc(C(=O)N2CCN(C(=O)C(c3ccccc3)N3CCCCC3=O)CC2)on1. The first-order chi connectivity index (χ1) is 14.5. The highest BCUT2D eigenvalue weighted by Gasteiger charge is 2.37. The molecule has 2 aromatic rings. The van der Waals surface area contributed by atoms with E-state index in [0.29, 0.717) is 44.8 Å². The number of rotatable bonds is 4. The number of piperazine rings is 1. The van der Waals surface area contributed by atoms with Crippen molar-refractivity contribution in [3.8, 4) is 0 Å². The molecule has 2 saturated heterocycles. The van der Waals surface area contributed by atoms with Crippen LogP contribution in [-0.4, -0.2) is 70.3 Å². The topological polar surface area (TPSA) is 87.0 Å². The first kappa shape index (κ1) is 20.1. The molecule has 1 aromatic carbocycles. The Morgan fingerprint density at radius 3 is 2.33 bits per heavy atom. The van der Waals surface area contributed by atoms with E-state index in [1.54, 1.807) is 27.7 Å². The normalized spacial score (nSPS) is 18.4. The molecule has 2 fully saturated rings. The summed E-state index contributed by atoms with van der Waals surface area (Å²) in [6.45, 7) is 4.03. The fourth-order valence-corrected chi connectivity index (χ4v) is 4.11. The Labute approximate surface area is 175 Å². The predicted molar refractivity (Wildman–Crippen MR) is 108 cm³/mol. The molecule has 2 aliphatic rings. The fraction of sp³-hybridized carbons (Fsp3) is 0.455. The van der Waals surface area contributed by atoms with Crippen LogP contribution in [0.4, 0.5) is 0 Å². The van der Waals surface area contributed by atoms with Crippen molar-refractivity contribution < 1.29 is 18.9 Å². The molecule has 158 valence electrons. The maximum absolute atomic E-state index is 13.5. The van der Waals surface area contributed by atoms with Crippen LogP contribution in [0.5, 0.6) is 0 Å². The molecular weight excluding hydrogens is 384 g/mol. The van der Waals surface area contributed by atoms with Gasteiger partial charge in [0.25, 0.3) is 5.91 Å². The van der Waals surface area contributed by atoms with Crippen molar-refractivity contribution in [3.63, 3.8) is 0 Å². The van der Waals surface area contributed by atoms with Gasteiger partial charge < -0.3 is 19.2 Å². The van der Waals surface area contributed by atoms with Crippen LogP contribution < -0.4 is 0 Å². The van der Waals surface area contributed by atoms with Crippen molar-refractivity contribution in [2.75, 3.05) is 32.7 Å². The number of aryl methyl sites for hydroxylation is 1. The molecule has 1 atom stereocenters. The van der Waals surface area contributed by atoms with Gasteiger partial charge in [-0.05, 0) is 25.3 Å². The molecule has 8 heteroatoms. The van der Waals surface area contributed by atoms with Gasteiger partial charge in [0.15, 0.2) is 0 Å². The van der Waals surface area contributed by atoms with Gasteiger partial charge in [0.1, 0.15) is 6.04 Å². The first-order valence-corrected chi connectivity index (χ1v) is 10.4. The van der Waals surface area contributed by atoms with Gasteiger partial charge in [-0.3, -0.25) is 14.4 Å². The summed E-state index contributed by atoms with van der Waals surface area (Å²) in [6, 6.07) is 10.5. The molecule has 3 heterocycles. The van der Waals surface area contributed by atoms with Gasteiger partial charge in [0, 0.05) is 45.2 Å². The number of amides is 3. The van der Waals surface area contributed by atoms with Crippen LogP contribution in [0, 0.1) is 6.92 Å². The maximum Gasteiger partial charge on any atom is 0.292 e. The lowest BCUT2D eigenvalue weighted by atomic mass is 9.99. The third-order valence-corrected chi connectivity index (χ3v) is 5.74. The van der Waals surface area contributed by atoms with E-state index >= 15 is 0 Å². The number of hydrogen-bond acceptors (Lipinski definition) is 5. The second-order valence-electron chi connectivity index (χ2n) is 7.81. The molecule has 1 unspecified atom stereocenters. The van der Waals surface area contributed by atoms with Crippen LogP contribution in [0.1, 0.15) is 47.1 Å². The van der Waals surface area contributed by atoms with E-state index in [1.807, 2.05) is 30.3 Å². The second kappa shape index (κ2) is 8.69. The van der Waals surface area contributed by atoms with Crippen molar-refractivity contribution in [1.82, 2.24) is 19.9 Å². The number of carbonyl (C=O) groups is 3. The Balaban J connectivity index is 1.47. The first-order valence-electron chi connectivity index (χ1n) is 10.4. The number of carbonyl (C=O) groups excluding carboxylic acids is 3. The molecular formula is C22H26N4O4. The van der Waals surface area contributed by atoms with Crippen LogP contribution in [0.15, 0.2) is 40.9 Å². The lowest BCUT2D eigenvalue weighted by Gasteiger charge is -2.40. The van der Waals surface area contributed by atoms with Crippen LogP contribution in [0.2, 0.25) is 0 Å². The molecule has 2 aliphatic heterocycles. The minimum absolute atomic E-state index is 0.0259. The van der Waals surface area contributed by atoms with Gasteiger partial charge in [0.05, 0.1) is 5.69 Å². The zero-order chi connectivity index (χ0) is 21.1. The molecule has 0 N–H and O–H groups in total. The van der Waals surface area contributed by atoms with Gasteiger partial charge in [-0.2, -0.15) is 0 Å². The smallest absolute Gasteiger partial charge is 0.292 e. The third-order valence-electron chi connectivity index (χ3n) is 5.74. The van der Waals surface area contributed by atoms with E-state index in [4.69, 9.17) is 4.52 Å². The molecule has 30 heavy (non-hydrogen) atoms. The summed E-state index contributed by atoms with van der Waals surface area (Å²) in [7, 11) is 0. The zero-order valence-electron chi connectivity index (χ0n) is 17.1. The average Bonchev–Trinajstić information content (AvgIpc) is 3.22. The summed E-state index contributed by atoms with van der Waals surface area (Å²) >= 11 is 0. The fourth-order valence-electron chi connectivity index (χ4n) is 4.11. The number of nitrogens with zero attached hydrogens (tertiary/aromatic N) is 4.